The van der Waals surface area contributed by atoms with Gasteiger partial charge < -0.3 is 19.3 Å². The van der Waals surface area contributed by atoms with Gasteiger partial charge in [0.2, 0.25) is 0 Å². The first-order valence-corrected chi connectivity index (χ1v) is 5.21. The van der Waals surface area contributed by atoms with Crippen LogP contribution < -0.4 is 0 Å². The normalized spacial score (nSPS) is 24.2. The van der Waals surface area contributed by atoms with Gasteiger partial charge in [0.05, 0.1) is 0 Å². The van der Waals surface area contributed by atoms with Crippen molar-refractivity contribution < 1.29 is 24.1 Å². The van der Waals surface area contributed by atoms with Gasteiger partial charge in [0.15, 0.2) is 17.4 Å². The molecule has 2 atom stereocenters. The summed E-state index contributed by atoms with van der Waals surface area (Å²) in [5.41, 5.74) is 0. The van der Waals surface area contributed by atoms with E-state index >= 15 is 0 Å². The number of hydrogen-bond acceptors (Lipinski definition) is 4. The molecule has 0 spiro atoms. The van der Waals surface area contributed by atoms with Crippen LogP contribution >= 0.6 is 0 Å². The summed E-state index contributed by atoms with van der Waals surface area (Å²) in [7, 11) is 1.34. The van der Waals surface area contributed by atoms with Crippen LogP contribution in [0.2, 0.25) is 0 Å². The molecule has 2 unspecified atom stereocenters. The molecule has 1 aliphatic heterocycles. The van der Waals surface area contributed by atoms with Crippen molar-refractivity contribution in [1.82, 2.24) is 0 Å². The quantitative estimate of drug-likeness (QED) is 0.541. The number of carboxylic acids is 1. The van der Waals surface area contributed by atoms with E-state index in [1.807, 2.05) is 0 Å². The molecule has 0 aliphatic carbocycles. The second-order valence-electron chi connectivity index (χ2n) is 3.47. The minimum Gasteiger partial charge on any atom is -0.477 e. The molecule has 1 saturated heterocycles. The first kappa shape index (κ1) is 15.9. The van der Waals surface area contributed by atoms with Crippen LogP contribution in [-0.2, 0) is 19.0 Å². The lowest BCUT2D eigenvalue weighted by Gasteiger charge is -2.36. The fraction of sp³-hybridized carbons (Fsp3) is 0.900. The molecule has 94 valence electrons. The van der Waals surface area contributed by atoms with Gasteiger partial charge in [-0.3, -0.25) is 0 Å². The maximum Gasteiger partial charge on any atom is 0.367 e. The maximum atomic E-state index is 11.2. The molecule has 1 heterocycles. The zero-order chi connectivity index (χ0) is 11.3. The average molecular weight is 248 g/mol. The number of rotatable bonds is 5. The predicted octanol–water partition coefficient (Wildman–Crippen LogP) is -0.165. The van der Waals surface area contributed by atoms with Crippen molar-refractivity contribution in [2.24, 2.45) is 0 Å². The van der Waals surface area contributed by atoms with Gasteiger partial charge in [-0.15, -0.1) is 0 Å². The Morgan fingerprint density at radius 2 is 2.25 bits per heavy atom. The molecule has 0 radical (unpaired) electrons. The van der Waals surface area contributed by atoms with Crippen molar-refractivity contribution in [1.29, 1.82) is 0 Å². The van der Waals surface area contributed by atoms with Gasteiger partial charge in [0.1, 0.15) is 6.10 Å². The Hall–Kier alpha value is -0.118. The molecule has 1 rings (SSSR count). The van der Waals surface area contributed by atoms with Gasteiger partial charge in [-0.05, 0) is 26.2 Å². The molecule has 1 N–H and O–H groups in total. The molecule has 6 heteroatoms. The number of ether oxygens (including phenoxy) is 3. The zero-order valence-corrected chi connectivity index (χ0v) is 9.19. The zero-order valence-electron chi connectivity index (χ0n) is 9.19. The third-order valence-electron chi connectivity index (χ3n) is 2.56. The van der Waals surface area contributed by atoms with E-state index < -0.39 is 17.9 Å². The Morgan fingerprint density at radius 1 is 1.56 bits per heavy atom. The predicted molar refractivity (Wildman–Crippen MR) is 62.5 cm³/mol. The summed E-state index contributed by atoms with van der Waals surface area (Å²) in [5, 5.41) is 9.18. The summed E-state index contributed by atoms with van der Waals surface area (Å²) < 4.78 is 15.7. The summed E-state index contributed by atoms with van der Waals surface area (Å²) >= 11 is 0. The first-order valence-electron chi connectivity index (χ1n) is 5.21. The van der Waals surface area contributed by atoms with Crippen LogP contribution in [-0.4, -0.2) is 60.7 Å². The van der Waals surface area contributed by atoms with E-state index in [1.165, 1.54) is 7.11 Å². The van der Waals surface area contributed by atoms with E-state index in [-0.39, 0.29) is 24.0 Å². The van der Waals surface area contributed by atoms with Crippen LogP contribution in [0.1, 0.15) is 26.2 Å². The van der Waals surface area contributed by atoms with Gasteiger partial charge in [-0.1, -0.05) is 0 Å². The summed E-state index contributed by atoms with van der Waals surface area (Å²) in [4.78, 5) is 11.2. The number of aliphatic carboxylic acids is 1. The molecule has 1 fully saturated rings. The van der Waals surface area contributed by atoms with Crippen LogP contribution in [0, 0.1) is 0 Å². The van der Waals surface area contributed by atoms with Crippen molar-refractivity contribution in [3.8, 4) is 0 Å². The molecule has 5 nitrogen and oxygen atoms in total. The van der Waals surface area contributed by atoms with E-state index in [0.717, 1.165) is 12.8 Å². The molecule has 1 aliphatic rings. The van der Waals surface area contributed by atoms with E-state index in [0.29, 0.717) is 13.0 Å². The largest absolute Gasteiger partial charge is 0.477 e. The van der Waals surface area contributed by atoms with Crippen molar-refractivity contribution in [2.75, 3.05) is 20.3 Å². The molecule has 16 heavy (non-hydrogen) atoms. The SMILES string of the molecule is CCOC(OC)(C(=O)O)C1CCCCO1.[AlH3]. The first-order chi connectivity index (χ1) is 7.17. The van der Waals surface area contributed by atoms with Gasteiger partial charge >= 0.3 is 5.97 Å². The lowest BCUT2D eigenvalue weighted by molar-refractivity contribution is -0.280. The smallest absolute Gasteiger partial charge is 0.367 e. The standard InChI is InChI=1S/C10H18O5.Al.3H/c1-3-15-10(13-2,9(11)12)8-6-4-5-7-14-8;;;;/h8H,3-7H2,1-2H3,(H,11,12);;;;. The molecular formula is C10H21AlO5. The fourth-order valence-corrected chi connectivity index (χ4v) is 1.82. The van der Waals surface area contributed by atoms with Gasteiger partial charge in [-0.25, -0.2) is 4.79 Å². The number of methoxy groups -OCH3 is 1. The van der Waals surface area contributed by atoms with Gasteiger partial charge in [0.25, 0.3) is 5.79 Å². The third-order valence-corrected chi connectivity index (χ3v) is 2.56. The Balaban J connectivity index is 0.00000225. The lowest BCUT2D eigenvalue weighted by atomic mass is 10.0. The second kappa shape index (κ2) is 7.26. The topological polar surface area (TPSA) is 65.0 Å². The Kier molecular flexibility index (Phi) is 7.20. The summed E-state index contributed by atoms with van der Waals surface area (Å²) in [6, 6.07) is 0. The molecule has 0 saturated carbocycles. The summed E-state index contributed by atoms with van der Waals surface area (Å²) in [6.07, 6.45) is 2.03. The third kappa shape index (κ3) is 3.19. The highest BCUT2D eigenvalue weighted by Gasteiger charge is 2.49. The van der Waals surface area contributed by atoms with Gasteiger partial charge in [0, 0.05) is 20.3 Å². The van der Waals surface area contributed by atoms with Crippen molar-refractivity contribution in [3.63, 3.8) is 0 Å². The van der Waals surface area contributed by atoms with Crippen LogP contribution in [0.15, 0.2) is 0 Å². The number of carboxylic acid groups (broad SMARTS) is 1. The van der Waals surface area contributed by atoms with Gasteiger partial charge in [-0.2, -0.15) is 0 Å². The van der Waals surface area contributed by atoms with Crippen molar-refractivity contribution >= 4 is 23.3 Å². The minimum absolute atomic E-state index is 0. The van der Waals surface area contributed by atoms with Crippen LogP contribution in [0.4, 0.5) is 0 Å². The maximum absolute atomic E-state index is 11.2. The van der Waals surface area contributed by atoms with Crippen molar-refractivity contribution in [2.45, 2.75) is 38.1 Å². The highest BCUT2D eigenvalue weighted by Crippen LogP contribution is 2.28. The molecular weight excluding hydrogens is 227 g/mol. The fourth-order valence-electron chi connectivity index (χ4n) is 1.82. The Morgan fingerprint density at radius 3 is 2.62 bits per heavy atom. The lowest BCUT2D eigenvalue weighted by Crippen LogP contribution is -2.55. The Labute approximate surface area is 106 Å². The number of hydrogen-bond donors (Lipinski definition) is 1. The van der Waals surface area contributed by atoms with Crippen LogP contribution in [0.25, 0.3) is 0 Å². The van der Waals surface area contributed by atoms with E-state index in [4.69, 9.17) is 14.2 Å². The van der Waals surface area contributed by atoms with E-state index in [9.17, 15) is 9.90 Å². The summed E-state index contributed by atoms with van der Waals surface area (Å²) in [6.45, 7) is 2.58. The molecule has 0 aromatic rings. The van der Waals surface area contributed by atoms with E-state index in [1.54, 1.807) is 6.92 Å². The highest BCUT2D eigenvalue weighted by atomic mass is 27.0. The van der Waals surface area contributed by atoms with Crippen LogP contribution in [0.5, 0.6) is 0 Å². The molecule has 0 amide bonds. The van der Waals surface area contributed by atoms with E-state index in [2.05, 4.69) is 0 Å². The molecule has 0 bridgehead atoms. The van der Waals surface area contributed by atoms with Crippen LogP contribution in [0.3, 0.4) is 0 Å². The summed E-state index contributed by atoms with van der Waals surface area (Å²) in [5.74, 6) is -2.77. The monoisotopic (exact) mass is 248 g/mol. The molecule has 0 aromatic carbocycles. The second-order valence-corrected chi connectivity index (χ2v) is 3.47. The number of carbonyl (C=O) groups is 1. The minimum atomic E-state index is -1.64. The molecule has 0 aromatic heterocycles. The van der Waals surface area contributed by atoms with Crippen molar-refractivity contribution in [3.05, 3.63) is 0 Å². The average Bonchev–Trinajstić information content (AvgIpc) is 2.26. The highest BCUT2D eigenvalue weighted by molar-refractivity contribution is 5.76. The Bertz CT molecular complexity index is 217.